The number of benzene rings is 2. The van der Waals surface area contributed by atoms with Gasteiger partial charge in [0.2, 0.25) is 0 Å². The molecule has 1 aromatic heterocycles. The number of hydrogen-bond donors (Lipinski definition) is 1. The Kier molecular flexibility index (Phi) is 5.43. The molecule has 1 heterocycles. The van der Waals surface area contributed by atoms with E-state index in [1.165, 1.54) is 0 Å². The van der Waals surface area contributed by atoms with Crippen LogP contribution in [-0.2, 0) is 6.54 Å². The lowest BCUT2D eigenvalue weighted by atomic mass is 10.2. The fraction of sp³-hybridized carbons (Fsp3) is 0.150. The van der Waals surface area contributed by atoms with Gasteiger partial charge < -0.3 is 15.0 Å². The van der Waals surface area contributed by atoms with Gasteiger partial charge in [0.1, 0.15) is 5.75 Å². The Bertz CT molecular complexity index is 849. The average molecular weight is 348 g/mol. The molecule has 2 aromatic carbocycles. The molecule has 1 amide bonds. The SMILES string of the molecule is COc1ccc(Nc2ccc(C(=O)N(C)Cc3ccccc3)nn2)cc1. The molecule has 0 atom stereocenters. The standard InChI is InChI=1S/C20H20N4O2/c1-24(14-15-6-4-3-5-7-15)20(25)18-12-13-19(23-22-18)21-16-8-10-17(26-2)11-9-16/h3-13H,14H2,1-2H3,(H,21,23). The molecule has 0 bridgehead atoms. The van der Waals surface area contributed by atoms with Crippen molar-refractivity contribution in [2.75, 3.05) is 19.5 Å². The second kappa shape index (κ2) is 8.11. The van der Waals surface area contributed by atoms with Crippen LogP contribution in [0.5, 0.6) is 5.75 Å². The maximum absolute atomic E-state index is 12.5. The molecule has 6 heteroatoms. The lowest BCUT2D eigenvalue weighted by Crippen LogP contribution is -2.27. The summed E-state index contributed by atoms with van der Waals surface area (Å²) < 4.78 is 5.13. The van der Waals surface area contributed by atoms with Crippen LogP contribution in [0.25, 0.3) is 0 Å². The highest BCUT2D eigenvalue weighted by atomic mass is 16.5. The van der Waals surface area contributed by atoms with E-state index in [1.807, 2.05) is 54.6 Å². The zero-order valence-corrected chi connectivity index (χ0v) is 14.7. The predicted molar refractivity (Wildman–Crippen MR) is 101 cm³/mol. The van der Waals surface area contributed by atoms with Crippen LogP contribution in [0.4, 0.5) is 11.5 Å². The van der Waals surface area contributed by atoms with Gasteiger partial charge in [0.25, 0.3) is 5.91 Å². The number of methoxy groups -OCH3 is 1. The lowest BCUT2D eigenvalue weighted by Gasteiger charge is -2.16. The van der Waals surface area contributed by atoms with Crippen molar-refractivity contribution in [1.82, 2.24) is 15.1 Å². The third kappa shape index (κ3) is 4.36. The number of nitrogens with one attached hydrogen (secondary N) is 1. The summed E-state index contributed by atoms with van der Waals surface area (Å²) in [6.07, 6.45) is 0. The molecule has 0 spiro atoms. The number of anilines is 2. The van der Waals surface area contributed by atoms with Crippen LogP contribution in [0, 0.1) is 0 Å². The highest BCUT2D eigenvalue weighted by Crippen LogP contribution is 2.18. The topological polar surface area (TPSA) is 67.3 Å². The number of rotatable bonds is 6. The fourth-order valence-corrected chi connectivity index (χ4v) is 2.46. The minimum absolute atomic E-state index is 0.169. The number of hydrogen-bond acceptors (Lipinski definition) is 5. The van der Waals surface area contributed by atoms with Crippen LogP contribution in [0.2, 0.25) is 0 Å². The molecular weight excluding hydrogens is 328 g/mol. The summed E-state index contributed by atoms with van der Waals surface area (Å²) in [5.41, 5.74) is 2.23. The molecule has 6 nitrogen and oxygen atoms in total. The monoisotopic (exact) mass is 348 g/mol. The smallest absolute Gasteiger partial charge is 0.274 e. The van der Waals surface area contributed by atoms with Crippen molar-refractivity contribution in [3.05, 3.63) is 78.0 Å². The van der Waals surface area contributed by atoms with Crippen LogP contribution in [-0.4, -0.2) is 35.2 Å². The van der Waals surface area contributed by atoms with E-state index in [4.69, 9.17) is 4.74 Å². The molecule has 0 radical (unpaired) electrons. The van der Waals surface area contributed by atoms with E-state index in [9.17, 15) is 4.79 Å². The first kappa shape index (κ1) is 17.4. The van der Waals surface area contributed by atoms with Gasteiger partial charge in [-0.3, -0.25) is 4.79 Å². The van der Waals surface area contributed by atoms with Gasteiger partial charge in [-0.2, -0.15) is 0 Å². The second-order valence-electron chi connectivity index (χ2n) is 5.80. The van der Waals surface area contributed by atoms with Crippen molar-refractivity contribution in [1.29, 1.82) is 0 Å². The minimum Gasteiger partial charge on any atom is -0.497 e. The first-order valence-electron chi connectivity index (χ1n) is 8.20. The predicted octanol–water partition coefficient (Wildman–Crippen LogP) is 3.50. The molecule has 3 aromatic rings. The zero-order valence-electron chi connectivity index (χ0n) is 14.7. The highest BCUT2D eigenvalue weighted by Gasteiger charge is 2.14. The Morgan fingerprint density at radius 2 is 1.73 bits per heavy atom. The summed E-state index contributed by atoms with van der Waals surface area (Å²) in [7, 11) is 3.37. The molecule has 26 heavy (non-hydrogen) atoms. The van der Waals surface area contributed by atoms with E-state index in [0.29, 0.717) is 18.1 Å². The Balaban J connectivity index is 1.63. The molecule has 0 saturated heterocycles. The van der Waals surface area contributed by atoms with Crippen LogP contribution in [0.3, 0.4) is 0 Å². The van der Waals surface area contributed by atoms with Gasteiger partial charge in [-0.15, -0.1) is 10.2 Å². The fourth-order valence-electron chi connectivity index (χ4n) is 2.46. The van der Waals surface area contributed by atoms with Crippen molar-refractivity contribution in [2.24, 2.45) is 0 Å². The van der Waals surface area contributed by atoms with E-state index < -0.39 is 0 Å². The molecular formula is C20H20N4O2. The van der Waals surface area contributed by atoms with Crippen molar-refractivity contribution in [3.63, 3.8) is 0 Å². The largest absolute Gasteiger partial charge is 0.497 e. The third-order valence-electron chi connectivity index (χ3n) is 3.86. The molecule has 132 valence electrons. The average Bonchev–Trinajstić information content (AvgIpc) is 2.69. The van der Waals surface area contributed by atoms with Crippen molar-refractivity contribution >= 4 is 17.4 Å². The second-order valence-corrected chi connectivity index (χ2v) is 5.80. The van der Waals surface area contributed by atoms with E-state index in [1.54, 1.807) is 31.2 Å². The molecule has 0 saturated carbocycles. The maximum atomic E-state index is 12.5. The van der Waals surface area contributed by atoms with E-state index in [-0.39, 0.29) is 5.91 Å². The summed E-state index contributed by atoms with van der Waals surface area (Å²) >= 11 is 0. The first-order chi connectivity index (χ1) is 12.7. The van der Waals surface area contributed by atoms with Crippen molar-refractivity contribution in [2.45, 2.75) is 6.54 Å². The molecule has 0 aliphatic heterocycles. The van der Waals surface area contributed by atoms with Gasteiger partial charge in [-0.25, -0.2) is 0 Å². The van der Waals surface area contributed by atoms with Gasteiger partial charge >= 0.3 is 0 Å². The Morgan fingerprint density at radius 1 is 1.00 bits per heavy atom. The third-order valence-corrected chi connectivity index (χ3v) is 3.86. The van der Waals surface area contributed by atoms with Gasteiger partial charge in [0, 0.05) is 19.3 Å². The lowest BCUT2D eigenvalue weighted by molar-refractivity contribution is 0.0778. The number of nitrogens with zero attached hydrogens (tertiary/aromatic N) is 3. The van der Waals surface area contributed by atoms with Gasteiger partial charge in [0.05, 0.1) is 7.11 Å². The number of amides is 1. The quantitative estimate of drug-likeness (QED) is 0.738. The summed E-state index contributed by atoms with van der Waals surface area (Å²) in [4.78, 5) is 14.1. The zero-order chi connectivity index (χ0) is 18.4. The number of aromatic nitrogens is 2. The first-order valence-corrected chi connectivity index (χ1v) is 8.20. The minimum atomic E-state index is -0.169. The van der Waals surface area contributed by atoms with Crippen LogP contribution in [0.15, 0.2) is 66.7 Å². The molecule has 0 fully saturated rings. The van der Waals surface area contributed by atoms with E-state index in [2.05, 4.69) is 15.5 Å². The summed E-state index contributed by atoms with van der Waals surface area (Å²) in [5, 5.41) is 11.3. The Hall–Kier alpha value is -3.41. The highest BCUT2D eigenvalue weighted by molar-refractivity contribution is 5.92. The van der Waals surface area contributed by atoms with Crippen LogP contribution in [0.1, 0.15) is 16.1 Å². The van der Waals surface area contributed by atoms with Crippen LogP contribution >= 0.6 is 0 Å². The number of carbonyl (C=O) groups excluding carboxylic acids is 1. The normalized spacial score (nSPS) is 10.2. The molecule has 0 unspecified atom stereocenters. The number of ether oxygens (including phenoxy) is 1. The van der Waals surface area contributed by atoms with Gasteiger partial charge in [-0.05, 0) is 42.0 Å². The summed E-state index contributed by atoms with van der Waals surface area (Å²) in [6.45, 7) is 0.521. The maximum Gasteiger partial charge on any atom is 0.274 e. The van der Waals surface area contributed by atoms with Gasteiger partial charge in [0.15, 0.2) is 11.5 Å². The molecule has 3 rings (SSSR count). The number of carbonyl (C=O) groups is 1. The van der Waals surface area contributed by atoms with Gasteiger partial charge in [-0.1, -0.05) is 30.3 Å². The van der Waals surface area contributed by atoms with Crippen LogP contribution < -0.4 is 10.1 Å². The summed E-state index contributed by atoms with van der Waals surface area (Å²) in [5.74, 6) is 1.18. The van der Waals surface area contributed by atoms with Crippen molar-refractivity contribution in [3.8, 4) is 5.75 Å². The van der Waals surface area contributed by atoms with Crippen molar-refractivity contribution < 1.29 is 9.53 Å². The Morgan fingerprint density at radius 3 is 2.35 bits per heavy atom. The molecule has 1 N–H and O–H groups in total. The molecule has 0 aliphatic rings. The van der Waals surface area contributed by atoms with E-state index in [0.717, 1.165) is 17.0 Å². The van der Waals surface area contributed by atoms with E-state index >= 15 is 0 Å². The summed E-state index contributed by atoms with van der Waals surface area (Å²) in [6, 6.07) is 20.7. The molecule has 0 aliphatic carbocycles. The Labute approximate surface area is 152 Å².